The van der Waals surface area contributed by atoms with Gasteiger partial charge < -0.3 is 0 Å². The van der Waals surface area contributed by atoms with E-state index in [2.05, 4.69) is 133 Å². The molecule has 1 heterocycles. The van der Waals surface area contributed by atoms with E-state index in [-0.39, 0.29) is 0 Å². The first-order chi connectivity index (χ1) is 18.9. The van der Waals surface area contributed by atoms with Gasteiger partial charge in [-0.15, -0.1) is 0 Å². The summed E-state index contributed by atoms with van der Waals surface area (Å²) in [5.41, 5.74) is 5.87. The summed E-state index contributed by atoms with van der Waals surface area (Å²) in [7, 11) is 0. The van der Waals surface area contributed by atoms with Gasteiger partial charge in [-0.25, -0.2) is 0 Å². The summed E-state index contributed by atoms with van der Waals surface area (Å²) in [5, 5.41) is 11.3. The molecule has 1 heteroatoms. The molecule has 0 spiro atoms. The van der Waals surface area contributed by atoms with Crippen molar-refractivity contribution in [2.75, 3.05) is 0 Å². The van der Waals surface area contributed by atoms with E-state index in [9.17, 15) is 0 Å². The van der Waals surface area contributed by atoms with Crippen molar-refractivity contribution in [2.24, 2.45) is 0 Å². The maximum absolute atomic E-state index is 4.97. The lowest BCUT2D eigenvalue weighted by Gasteiger charge is -2.16. The molecule has 0 amide bonds. The molecule has 0 radical (unpaired) electrons. The number of benzene rings is 7. The highest BCUT2D eigenvalue weighted by Crippen LogP contribution is 2.42. The Balaban J connectivity index is 1.46. The van der Waals surface area contributed by atoms with Crippen LogP contribution in [0.4, 0.5) is 0 Å². The van der Waals surface area contributed by atoms with Crippen LogP contribution in [0.5, 0.6) is 0 Å². The number of hydrogen-bond acceptors (Lipinski definition) is 1. The molecule has 0 N–H and O–H groups in total. The molecule has 7 aromatic carbocycles. The van der Waals surface area contributed by atoms with E-state index < -0.39 is 0 Å². The van der Waals surface area contributed by atoms with Crippen LogP contribution in [0.3, 0.4) is 0 Å². The highest BCUT2D eigenvalue weighted by atomic mass is 14.7. The summed E-state index contributed by atoms with van der Waals surface area (Å²) in [6.07, 6.45) is 1.91. The zero-order chi connectivity index (χ0) is 25.1. The van der Waals surface area contributed by atoms with E-state index in [1.807, 2.05) is 6.20 Å². The molecule has 0 aliphatic carbocycles. The second kappa shape index (κ2) is 8.26. The van der Waals surface area contributed by atoms with E-state index in [0.29, 0.717) is 0 Å². The largest absolute Gasteiger partial charge is 0.256 e. The maximum Gasteiger partial charge on any atom is 0.0786 e. The normalized spacial score (nSPS) is 11.7. The first kappa shape index (κ1) is 21.1. The highest BCUT2D eigenvalue weighted by Gasteiger charge is 2.16. The minimum Gasteiger partial charge on any atom is -0.256 e. The molecular weight excluding hydrogens is 458 g/mol. The Labute approximate surface area is 220 Å². The number of hydrogen-bond donors (Lipinski definition) is 0. The fourth-order valence-corrected chi connectivity index (χ4v) is 6.18. The molecule has 1 aromatic heterocycles. The fraction of sp³-hybridized carbons (Fsp3) is 0. The van der Waals surface area contributed by atoms with Gasteiger partial charge in [0.15, 0.2) is 0 Å². The van der Waals surface area contributed by atoms with Gasteiger partial charge in [0.1, 0.15) is 0 Å². The Morgan fingerprint density at radius 1 is 0.316 bits per heavy atom. The second-order valence-electron chi connectivity index (χ2n) is 9.94. The lowest BCUT2D eigenvalue weighted by Crippen LogP contribution is -1.91. The molecule has 0 saturated carbocycles. The Morgan fingerprint density at radius 2 is 0.763 bits per heavy atom. The smallest absolute Gasteiger partial charge is 0.0786 e. The van der Waals surface area contributed by atoms with Crippen LogP contribution >= 0.6 is 0 Å². The molecule has 1 nitrogen and oxygen atoms in total. The number of pyridine rings is 1. The van der Waals surface area contributed by atoms with Crippen LogP contribution in [0, 0.1) is 0 Å². The summed E-state index contributed by atoms with van der Waals surface area (Å²) >= 11 is 0. The standard InChI is InChI=1S/C37H23N/c1-3-12-26-24(10-1)22-35(30-16-7-5-14-28(26)30)32-19-20-34(37-33(32)18-9-21-38-37)36-23-25-11-2-4-13-27(25)29-15-6-8-17-31(29)36/h1-23H. The van der Waals surface area contributed by atoms with Gasteiger partial charge in [0.05, 0.1) is 5.52 Å². The molecule has 0 bridgehead atoms. The predicted octanol–water partition coefficient (Wildman–Crippen LogP) is 10.2. The van der Waals surface area contributed by atoms with Crippen LogP contribution in [0.1, 0.15) is 0 Å². The maximum atomic E-state index is 4.97. The lowest BCUT2D eigenvalue weighted by molar-refractivity contribution is 1.41. The van der Waals surface area contributed by atoms with Crippen molar-refractivity contribution in [3.63, 3.8) is 0 Å². The van der Waals surface area contributed by atoms with Crippen molar-refractivity contribution in [3.8, 4) is 22.3 Å². The monoisotopic (exact) mass is 481 g/mol. The van der Waals surface area contributed by atoms with Gasteiger partial charge in [-0.1, -0.05) is 115 Å². The number of aromatic nitrogens is 1. The van der Waals surface area contributed by atoms with Gasteiger partial charge >= 0.3 is 0 Å². The summed E-state index contributed by atoms with van der Waals surface area (Å²) in [6.45, 7) is 0. The number of rotatable bonds is 2. The molecule has 8 aromatic rings. The molecule has 0 aliphatic rings. The Hall–Kier alpha value is -5.01. The van der Waals surface area contributed by atoms with Crippen LogP contribution in [0.2, 0.25) is 0 Å². The molecular formula is C37H23N. The summed E-state index contributed by atoms with van der Waals surface area (Å²) < 4.78 is 0. The van der Waals surface area contributed by atoms with Gasteiger partial charge in [-0.2, -0.15) is 0 Å². The third kappa shape index (κ3) is 3.09. The molecule has 0 fully saturated rings. The number of fused-ring (bicyclic) bond motifs is 7. The van der Waals surface area contributed by atoms with E-state index in [1.54, 1.807) is 0 Å². The van der Waals surface area contributed by atoms with Gasteiger partial charge in [0, 0.05) is 17.1 Å². The molecule has 8 rings (SSSR count). The van der Waals surface area contributed by atoms with Crippen molar-refractivity contribution in [1.82, 2.24) is 4.98 Å². The van der Waals surface area contributed by atoms with E-state index in [4.69, 9.17) is 4.98 Å². The van der Waals surface area contributed by atoms with Gasteiger partial charge in [0.2, 0.25) is 0 Å². The van der Waals surface area contributed by atoms with Crippen molar-refractivity contribution in [1.29, 1.82) is 0 Å². The van der Waals surface area contributed by atoms with Crippen LogP contribution in [0.15, 0.2) is 140 Å². The molecule has 0 atom stereocenters. The molecule has 38 heavy (non-hydrogen) atoms. The van der Waals surface area contributed by atoms with Crippen molar-refractivity contribution >= 4 is 54.0 Å². The summed E-state index contributed by atoms with van der Waals surface area (Å²) in [5.74, 6) is 0. The second-order valence-corrected chi connectivity index (χ2v) is 9.94. The Morgan fingerprint density at radius 3 is 1.37 bits per heavy atom. The van der Waals surface area contributed by atoms with Crippen LogP contribution in [-0.4, -0.2) is 4.98 Å². The third-order valence-electron chi connectivity index (χ3n) is 7.89. The zero-order valence-corrected chi connectivity index (χ0v) is 20.7. The molecule has 0 saturated heterocycles. The Bertz CT molecular complexity index is 2030. The summed E-state index contributed by atoms with van der Waals surface area (Å²) in [6, 6.07) is 48.3. The first-order valence-electron chi connectivity index (χ1n) is 13.1. The zero-order valence-electron chi connectivity index (χ0n) is 20.7. The van der Waals surface area contributed by atoms with Crippen LogP contribution in [-0.2, 0) is 0 Å². The average Bonchev–Trinajstić information content (AvgIpc) is 3.00. The van der Waals surface area contributed by atoms with Gasteiger partial charge in [-0.05, 0) is 78.0 Å². The minimum absolute atomic E-state index is 1.03. The van der Waals surface area contributed by atoms with Crippen molar-refractivity contribution in [3.05, 3.63) is 140 Å². The topological polar surface area (TPSA) is 12.9 Å². The Kier molecular flexibility index (Phi) is 4.59. The van der Waals surface area contributed by atoms with E-state index in [0.717, 1.165) is 11.1 Å². The molecule has 0 unspecified atom stereocenters. The third-order valence-corrected chi connectivity index (χ3v) is 7.89. The van der Waals surface area contributed by atoms with Gasteiger partial charge in [-0.3, -0.25) is 4.98 Å². The first-order valence-corrected chi connectivity index (χ1v) is 13.1. The fourth-order valence-electron chi connectivity index (χ4n) is 6.18. The predicted molar refractivity (Wildman–Crippen MR) is 163 cm³/mol. The summed E-state index contributed by atoms with van der Waals surface area (Å²) in [4.78, 5) is 4.97. The quantitative estimate of drug-likeness (QED) is 0.224. The molecule has 0 aliphatic heterocycles. The van der Waals surface area contributed by atoms with E-state index in [1.165, 1.54) is 65.2 Å². The molecule has 176 valence electrons. The highest BCUT2D eigenvalue weighted by molar-refractivity contribution is 6.19. The van der Waals surface area contributed by atoms with Crippen LogP contribution in [0.25, 0.3) is 76.2 Å². The van der Waals surface area contributed by atoms with Crippen LogP contribution < -0.4 is 0 Å². The van der Waals surface area contributed by atoms with Gasteiger partial charge in [0.25, 0.3) is 0 Å². The van der Waals surface area contributed by atoms with Crippen molar-refractivity contribution in [2.45, 2.75) is 0 Å². The minimum atomic E-state index is 1.03. The average molecular weight is 482 g/mol. The van der Waals surface area contributed by atoms with E-state index >= 15 is 0 Å². The van der Waals surface area contributed by atoms with Crippen molar-refractivity contribution < 1.29 is 0 Å². The SMILES string of the molecule is c1ccc2c(c1)cc(-c1ccc(-c3cc4ccccc4c4ccccc34)c3ncccc13)c1ccccc12. The lowest BCUT2D eigenvalue weighted by atomic mass is 9.88. The number of nitrogens with zero attached hydrogens (tertiary/aromatic N) is 1.